The Morgan fingerprint density at radius 2 is 1.38 bits per heavy atom. The monoisotopic (exact) mass is 128 g/mol. The molecule has 8 heavy (non-hydrogen) atoms. The third-order valence-corrected chi connectivity index (χ3v) is 6.15. The summed E-state index contributed by atoms with van der Waals surface area (Å²) in [5, 5.41) is 0. The summed E-state index contributed by atoms with van der Waals surface area (Å²) in [6.07, 6.45) is 6.31. The Balaban J connectivity index is 2.16. The summed E-state index contributed by atoms with van der Waals surface area (Å²) >= 11 is 0. The van der Waals surface area contributed by atoms with Crippen molar-refractivity contribution in [3.05, 3.63) is 0 Å². The first kappa shape index (κ1) is 5.23. The minimum absolute atomic E-state index is 0.524. The summed E-state index contributed by atoms with van der Waals surface area (Å²) in [6, 6.07) is 0. The molecule has 0 aliphatic carbocycles. The molecule has 46 valence electrons. The second-order valence-electron chi connectivity index (χ2n) is 3.13. The Kier molecular flexibility index (Phi) is 1.11. The highest BCUT2D eigenvalue weighted by Gasteiger charge is 2.37. The molecule has 0 atom stereocenters. The molecule has 0 aromatic carbocycles. The van der Waals surface area contributed by atoms with E-state index in [0.29, 0.717) is 7.92 Å². The van der Waals surface area contributed by atoms with Crippen molar-refractivity contribution >= 4 is 7.92 Å². The fourth-order valence-electron chi connectivity index (χ4n) is 2.17. The quantitative estimate of drug-likeness (QED) is 0.439. The lowest BCUT2D eigenvalue weighted by Gasteiger charge is -2.06. The molecular weight excluding hydrogens is 115 g/mol. The molecule has 2 saturated heterocycles. The second kappa shape index (κ2) is 1.70. The SMILES string of the molecule is CP1C2CCC1CC2. The van der Waals surface area contributed by atoms with Crippen molar-refractivity contribution in [3.63, 3.8) is 0 Å². The van der Waals surface area contributed by atoms with Crippen LogP contribution in [0.25, 0.3) is 0 Å². The molecule has 2 aliphatic rings. The van der Waals surface area contributed by atoms with Crippen molar-refractivity contribution in [2.24, 2.45) is 0 Å². The van der Waals surface area contributed by atoms with Crippen LogP contribution in [-0.2, 0) is 0 Å². The molecule has 2 fully saturated rings. The molecule has 2 heterocycles. The molecule has 0 aromatic rings. The van der Waals surface area contributed by atoms with Crippen LogP contribution in [0, 0.1) is 0 Å². The van der Waals surface area contributed by atoms with E-state index in [2.05, 4.69) is 6.66 Å². The van der Waals surface area contributed by atoms with Crippen LogP contribution in [0.2, 0.25) is 0 Å². The van der Waals surface area contributed by atoms with Gasteiger partial charge < -0.3 is 0 Å². The van der Waals surface area contributed by atoms with Gasteiger partial charge in [-0.05, 0) is 43.7 Å². The van der Waals surface area contributed by atoms with E-state index < -0.39 is 0 Å². The zero-order valence-electron chi connectivity index (χ0n) is 5.43. The van der Waals surface area contributed by atoms with Gasteiger partial charge in [0, 0.05) is 0 Å². The molecule has 0 N–H and O–H groups in total. The van der Waals surface area contributed by atoms with E-state index in [9.17, 15) is 0 Å². The van der Waals surface area contributed by atoms with Gasteiger partial charge in [0.05, 0.1) is 0 Å². The Bertz CT molecular complexity index is 80.6. The lowest BCUT2D eigenvalue weighted by molar-refractivity contribution is 0.576. The van der Waals surface area contributed by atoms with E-state index in [0.717, 1.165) is 0 Å². The van der Waals surface area contributed by atoms with E-state index in [4.69, 9.17) is 0 Å². The second-order valence-corrected chi connectivity index (χ2v) is 5.92. The predicted molar refractivity (Wildman–Crippen MR) is 38.9 cm³/mol. The number of hydrogen-bond acceptors (Lipinski definition) is 0. The summed E-state index contributed by atoms with van der Waals surface area (Å²) in [6.45, 7) is 2.50. The molecule has 2 rings (SSSR count). The van der Waals surface area contributed by atoms with Gasteiger partial charge in [-0.1, -0.05) is 0 Å². The van der Waals surface area contributed by atoms with Crippen molar-refractivity contribution in [2.45, 2.75) is 37.0 Å². The topological polar surface area (TPSA) is 0 Å². The summed E-state index contributed by atoms with van der Waals surface area (Å²) in [5.74, 6) is 0. The van der Waals surface area contributed by atoms with Gasteiger partial charge in [-0.3, -0.25) is 0 Å². The highest BCUT2D eigenvalue weighted by molar-refractivity contribution is 7.59. The first-order chi connectivity index (χ1) is 3.88. The van der Waals surface area contributed by atoms with Crippen LogP contribution in [0.3, 0.4) is 0 Å². The van der Waals surface area contributed by atoms with Crippen LogP contribution in [-0.4, -0.2) is 18.0 Å². The van der Waals surface area contributed by atoms with E-state index >= 15 is 0 Å². The Hall–Kier alpha value is 0.430. The van der Waals surface area contributed by atoms with E-state index in [1.807, 2.05) is 0 Å². The zero-order valence-corrected chi connectivity index (χ0v) is 6.32. The van der Waals surface area contributed by atoms with Crippen LogP contribution >= 0.6 is 7.92 Å². The average molecular weight is 128 g/mol. The van der Waals surface area contributed by atoms with Crippen molar-refractivity contribution in [1.82, 2.24) is 0 Å². The smallest absolute Gasteiger partial charge is 0.0209 e. The third-order valence-electron chi connectivity index (χ3n) is 2.82. The zero-order chi connectivity index (χ0) is 5.56. The van der Waals surface area contributed by atoms with Gasteiger partial charge >= 0.3 is 0 Å². The first-order valence-corrected chi connectivity index (χ1v) is 5.52. The molecule has 0 unspecified atom stereocenters. The molecule has 2 aliphatic heterocycles. The van der Waals surface area contributed by atoms with Gasteiger partial charge in [0.25, 0.3) is 0 Å². The minimum Gasteiger partial charge on any atom is -0.104 e. The van der Waals surface area contributed by atoms with Crippen LogP contribution in [0.5, 0.6) is 0 Å². The molecular formula is C7H13P. The van der Waals surface area contributed by atoms with Crippen molar-refractivity contribution in [3.8, 4) is 0 Å². The highest BCUT2D eigenvalue weighted by atomic mass is 31.1. The Labute approximate surface area is 52.4 Å². The lowest BCUT2D eigenvalue weighted by Crippen LogP contribution is -1.98. The highest BCUT2D eigenvalue weighted by Crippen LogP contribution is 2.61. The van der Waals surface area contributed by atoms with Crippen molar-refractivity contribution < 1.29 is 0 Å². The lowest BCUT2D eigenvalue weighted by atomic mass is 10.0. The maximum atomic E-state index is 2.50. The van der Waals surface area contributed by atoms with Crippen molar-refractivity contribution in [2.75, 3.05) is 6.66 Å². The molecule has 0 aromatic heterocycles. The van der Waals surface area contributed by atoms with Gasteiger partial charge in [0.2, 0.25) is 0 Å². The fourth-order valence-corrected chi connectivity index (χ4v) is 4.99. The molecule has 0 saturated carbocycles. The summed E-state index contributed by atoms with van der Waals surface area (Å²) < 4.78 is 0. The Morgan fingerprint density at radius 1 is 1.00 bits per heavy atom. The largest absolute Gasteiger partial charge is 0.104 e. The van der Waals surface area contributed by atoms with Crippen LogP contribution in [0.1, 0.15) is 25.7 Å². The maximum absolute atomic E-state index is 2.50. The molecule has 0 nitrogen and oxygen atoms in total. The van der Waals surface area contributed by atoms with Gasteiger partial charge in [0.15, 0.2) is 0 Å². The fraction of sp³-hybridized carbons (Fsp3) is 1.00. The van der Waals surface area contributed by atoms with E-state index in [1.165, 1.54) is 11.3 Å². The van der Waals surface area contributed by atoms with Gasteiger partial charge in [-0.15, -0.1) is 7.92 Å². The standard InChI is InChI=1S/C7H13P/c1-8-6-2-3-7(8)5-4-6/h6-7H,2-5H2,1H3. The van der Waals surface area contributed by atoms with Gasteiger partial charge in [-0.2, -0.15) is 0 Å². The summed E-state index contributed by atoms with van der Waals surface area (Å²) in [4.78, 5) is 0. The van der Waals surface area contributed by atoms with E-state index in [-0.39, 0.29) is 0 Å². The van der Waals surface area contributed by atoms with Crippen molar-refractivity contribution in [1.29, 1.82) is 0 Å². The van der Waals surface area contributed by atoms with Gasteiger partial charge in [0.1, 0.15) is 0 Å². The third kappa shape index (κ3) is 0.558. The average Bonchev–Trinajstić information content (AvgIpc) is 2.29. The first-order valence-electron chi connectivity index (χ1n) is 3.60. The summed E-state index contributed by atoms with van der Waals surface area (Å²) in [5.41, 5.74) is 2.41. The molecule has 0 spiro atoms. The Morgan fingerprint density at radius 3 is 1.50 bits per heavy atom. The number of hydrogen-bond donors (Lipinski definition) is 0. The predicted octanol–water partition coefficient (Wildman–Crippen LogP) is 2.42. The van der Waals surface area contributed by atoms with Gasteiger partial charge in [-0.25, -0.2) is 0 Å². The van der Waals surface area contributed by atoms with Crippen LogP contribution in [0.4, 0.5) is 0 Å². The molecule has 1 heteroatoms. The van der Waals surface area contributed by atoms with E-state index in [1.54, 1.807) is 25.7 Å². The molecule has 0 radical (unpaired) electrons. The number of fused-ring (bicyclic) bond motifs is 2. The van der Waals surface area contributed by atoms with Crippen LogP contribution < -0.4 is 0 Å². The molecule has 0 amide bonds. The minimum atomic E-state index is 0.524. The summed E-state index contributed by atoms with van der Waals surface area (Å²) in [7, 11) is 0.524. The maximum Gasteiger partial charge on any atom is -0.0209 e. The van der Waals surface area contributed by atoms with Crippen LogP contribution in [0.15, 0.2) is 0 Å². The normalized spacial score (nSPS) is 52.9. The number of rotatable bonds is 0. The molecule has 2 bridgehead atoms.